The molecule has 1 fully saturated rings. The second-order valence-electron chi connectivity index (χ2n) is 10.5. The van der Waals surface area contributed by atoms with E-state index < -0.39 is 32.5 Å². The molecule has 1 saturated heterocycles. The van der Waals surface area contributed by atoms with Gasteiger partial charge in [0.2, 0.25) is 0 Å². The van der Waals surface area contributed by atoms with Crippen LogP contribution in [-0.4, -0.2) is 76.7 Å². The van der Waals surface area contributed by atoms with Crippen molar-refractivity contribution >= 4 is 26.6 Å². The molecular weight excluding hydrogens is 616 g/mol. The van der Waals surface area contributed by atoms with Gasteiger partial charge in [-0.3, -0.25) is 9.71 Å². The van der Waals surface area contributed by atoms with E-state index in [1.165, 1.54) is 37.6 Å². The number of benzene rings is 3. The number of nitrogens with zero attached hydrogens (tertiary/aromatic N) is 3. The van der Waals surface area contributed by atoms with E-state index >= 15 is 4.39 Å². The fourth-order valence-corrected chi connectivity index (χ4v) is 6.22. The summed E-state index contributed by atoms with van der Waals surface area (Å²) in [5, 5.41) is 0.507. The summed E-state index contributed by atoms with van der Waals surface area (Å²) in [5.74, 6) is -0.0145. The van der Waals surface area contributed by atoms with E-state index in [-0.39, 0.29) is 17.2 Å². The van der Waals surface area contributed by atoms with Crippen molar-refractivity contribution in [2.24, 2.45) is 0 Å². The zero-order valence-electron chi connectivity index (χ0n) is 24.6. The summed E-state index contributed by atoms with van der Waals surface area (Å²) in [6, 6.07) is 11.8. The van der Waals surface area contributed by atoms with Crippen LogP contribution in [0.1, 0.15) is 12.0 Å². The van der Waals surface area contributed by atoms with E-state index in [9.17, 15) is 21.6 Å². The maximum absolute atomic E-state index is 15.1. The molecule has 0 aliphatic carbocycles. The van der Waals surface area contributed by atoms with Crippen LogP contribution in [0, 0.1) is 5.82 Å². The molecule has 1 aliphatic heterocycles. The lowest BCUT2D eigenvalue weighted by Crippen LogP contribution is -2.44. The third-order valence-electron chi connectivity index (χ3n) is 7.35. The number of nitrogens with one attached hydrogen (secondary N) is 1. The lowest BCUT2D eigenvalue weighted by molar-refractivity contribution is -0.139. The van der Waals surface area contributed by atoms with Crippen LogP contribution in [0.2, 0.25) is 0 Å². The summed E-state index contributed by atoms with van der Waals surface area (Å²) >= 11 is 0. The van der Waals surface area contributed by atoms with Crippen LogP contribution in [0.3, 0.4) is 0 Å². The number of piperazine rings is 1. The molecule has 0 saturated carbocycles. The van der Waals surface area contributed by atoms with Crippen molar-refractivity contribution in [2.75, 3.05) is 58.2 Å². The van der Waals surface area contributed by atoms with E-state index in [0.29, 0.717) is 35.1 Å². The Kier molecular flexibility index (Phi) is 9.65. The lowest BCUT2D eigenvalue weighted by Gasteiger charge is -2.32. The van der Waals surface area contributed by atoms with E-state index in [4.69, 9.17) is 14.2 Å². The SMILES string of the molecule is COc1cc2c(Oc3ccc(NS(=O)(=O)c4ccccc4C(F)(F)F)cc3F)ccnc2cc1OCCCN1CCN(C)CC1. The lowest BCUT2D eigenvalue weighted by atomic mass is 10.1. The summed E-state index contributed by atoms with van der Waals surface area (Å²) in [5.41, 5.74) is -1.11. The number of hydrogen-bond acceptors (Lipinski definition) is 8. The van der Waals surface area contributed by atoms with Gasteiger partial charge in [-0.05, 0) is 49.9 Å². The van der Waals surface area contributed by atoms with Crippen LogP contribution >= 0.6 is 0 Å². The number of methoxy groups -OCH3 is 1. The standard InChI is InChI=1S/C31H32F4N4O5S/c1-38-13-15-39(16-14-38)12-5-17-43-29-20-25-22(19-28(29)42-2)26(10-11-36-25)44-27-9-8-21(18-24(27)32)37-45(40,41)30-7-4-3-6-23(30)31(33,34)35/h3-4,6-11,18-20,37H,5,12-17H2,1-2H3. The van der Waals surface area contributed by atoms with Crippen molar-refractivity contribution < 1.29 is 40.2 Å². The van der Waals surface area contributed by atoms with Gasteiger partial charge in [0.15, 0.2) is 23.1 Å². The van der Waals surface area contributed by atoms with Crippen molar-refractivity contribution in [3.05, 3.63) is 78.2 Å². The Bertz CT molecular complexity index is 1760. The first kappa shape index (κ1) is 32.3. The van der Waals surface area contributed by atoms with Gasteiger partial charge in [0.25, 0.3) is 10.0 Å². The number of fused-ring (bicyclic) bond motifs is 1. The summed E-state index contributed by atoms with van der Waals surface area (Å²) in [6.45, 7) is 5.54. The first-order valence-corrected chi connectivity index (χ1v) is 15.6. The van der Waals surface area contributed by atoms with E-state index in [1.807, 2.05) is 4.72 Å². The highest BCUT2D eigenvalue weighted by Crippen LogP contribution is 2.38. The molecule has 0 spiro atoms. The highest BCUT2D eigenvalue weighted by atomic mass is 32.2. The van der Waals surface area contributed by atoms with Gasteiger partial charge in [0.05, 0.1) is 35.4 Å². The number of rotatable bonds is 11. The molecule has 0 bridgehead atoms. The molecule has 9 nitrogen and oxygen atoms in total. The highest BCUT2D eigenvalue weighted by Gasteiger charge is 2.37. The van der Waals surface area contributed by atoms with E-state index in [1.54, 1.807) is 12.1 Å². The number of aromatic nitrogens is 1. The smallest absolute Gasteiger partial charge is 0.417 e. The predicted molar refractivity (Wildman–Crippen MR) is 161 cm³/mol. The molecule has 1 N–H and O–H groups in total. The molecule has 4 aromatic rings. The monoisotopic (exact) mass is 648 g/mol. The maximum atomic E-state index is 15.1. The minimum Gasteiger partial charge on any atom is -0.493 e. The molecule has 0 amide bonds. The Morgan fingerprint density at radius 1 is 0.933 bits per heavy atom. The average Bonchev–Trinajstić information content (AvgIpc) is 3.00. The van der Waals surface area contributed by atoms with Crippen molar-refractivity contribution in [2.45, 2.75) is 17.5 Å². The van der Waals surface area contributed by atoms with Gasteiger partial charge < -0.3 is 24.0 Å². The number of sulfonamides is 1. The summed E-state index contributed by atoms with van der Waals surface area (Å²) in [4.78, 5) is 8.11. The number of likely N-dealkylation sites (N-methyl/N-ethyl adjacent to an activating group) is 1. The fraction of sp³-hybridized carbons (Fsp3) is 0.323. The molecule has 2 heterocycles. The zero-order chi connectivity index (χ0) is 32.2. The Hall–Kier alpha value is -4.14. The van der Waals surface area contributed by atoms with Crippen LogP contribution in [-0.2, 0) is 16.2 Å². The Balaban J connectivity index is 1.29. The summed E-state index contributed by atoms with van der Waals surface area (Å²) in [6.07, 6.45) is -2.58. The van der Waals surface area contributed by atoms with Crippen LogP contribution in [0.4, 0.5) is 23.2 Å². The largest absolute Gasteiger partial charge is 0.493 e. The van der Waals surface area contributed by atoms with Gasteiger partial charge in [-0.2, -0.15) is 13.2 Å². The first-order chi connectivity index (χ1) is 21.4. The van der Waals surface area contributed by atoms with Crippen molar-refractivity contribution in [1.82, 2.24) is 14.8 Å². The molecule has 5 rings (SSSR count). The molecule has 3 aromatic carbocycles. The van der Waals surface area contributed by atoms with Gasteiger partial charge in [-0.15, -0.1) is 0 Å². The van der Waals surface area contributed by atoms with E-state index in [2.05, 4.69) is 21.8 Å². The number of halogens is 4. The molecule has 0 radical (unpaired) electrons. The second-order valence-corrected chi connectivity index (χ2v) is 12.2. The van der Waals surface area contributed by atoms with Crippen molar-refractivity contribution in [3.8, 4) is 23.0 Å². The third kappa shape index (κ3) is 7.75. The van der Waals surface area contributed by atoms with Gasteiger partial charge >= 0.3 is 6.18 Å². The van der Waals surface area contributed by atoms with Gasteiger partial charge in [-0.25, -0.2) is 12.8 Å². The van der Waals surface area contributed by atoms with Gasteiger partial charge in [0, 0.05) is 56.4 Å². The third-order valence-corrected chi connectivity index (χ3v) is 8.78. The molecular formula is C31H32F4N4O5S. The Labute approximate surface area is 258 Å². The first-order valence-electron chi connectivity index (χ1n) is 14.1. The normalized spacial score (nSPS) is 14.8. The topological polar surface area (TPSA) is 93.2 Å². The fourth-order valence-electron chi connectivity index (χ4n) is 4.94. The van der Waals surface area contributed by atoms with Crippen LogP contribution in [0.25, 0.3) is 10.9 Å². The highest BCUT2D eigenvalue weighted by molar-refractivity contribution is 7.92. The number of ether oxygens (including phenoxy) is 3. The maximum Gasteiger partial charge on any atom is 0.417 e. The Morgan fingerprint density at radius 2 is 1.69 bits per heavy atom. The van der Waals surface area contributed by atoms with Crippen molar-refractivity contribution in [3.63, 3.8) is 0 Å². The summed E-state index contributed by atoms with van der Waals surface area (Å²) < 4.78 is 100. The van der Waals surface area contributed by atoms with E-state index in [0.717, 1.165) is 57.3 Å². The number of hydrogen-bond donors (Lipinski definition) is 1. The molecule has 0 unspecified atom stereocenters. The molecule has 0 atom stereocenters. The van der Waals surface area contributed by atoms with Gasteiger partial charge in [0.1, 0.15) is 5.75 Å². The quantitative estimate of drug-likeness (QED) is 0.156. The van der Waals surface area contributed by atoms with Crippen LogP contribution in [0.15, 0.2) is 71.8 Å². The molecule has 240 valence electrons. The number of pyridine rings is 1. The number of anilines is 1. The predicted octanol–water partition coefficient (Wildman–Crippen LogP) is 6.01. The Morgan fingerprint density at radius 3 is 2.40 bits per heavy atom. The summed E-state index contributed by atoms with van der Waals surface area (Å²) in [7, 11) is -1.07. The molecule has 45 heavy (non-hydrogen) atoms. The van der Waals surface area contributed by atoms with Gasteiger partial charge in [-0.1, -0.05) is 12.1 Å². The van der Waals surface area contributed by atoms with Crippen LogP contribution in [0.5, 0.6) is 23.0 Å². The van der Waals surface area contributed by atoms with Crippen LogP contribution < -0.4 is 18.9 Å². The molecule has 1 aromatic heterocycles. The minimum atomic E-state index is -4.90. The number of alkyl halides is 3. The van der Waals surface area contributed by atoms with Crippen molar-refractivity contribution in [1.29, 1.82) is 0 Å². The minimum absolute atomic E-state index is 0.242. The molecule has 1 aliphatic rings. The zero-order valence-corrected chi connectivity index (χ0v) is 25.4. The second kappa shape index (κ2) is 13.5. The molecule has 14 heteroatoms. The average molecular weight is 649 g/mol.